The summed E-state index contributed by atoms with van der Waals surface area (Å²) in [6.07, 6.45) is 3.09. The first kappa shape index (κ1) is 12.4. The van der Waals surface area contributed by atoms with E-state index in [0.29, 0.717) is 25.2 Å². The summed E-state index contributed by atoms with van der Waals surface area (Å²) in [7, 11) is 0. The van der Waals surface area contributed by atoms with Crippen molar-refractivity contribution in [3.63, 3.8) is 0 Å². The molecular weight excluding hydrogens is 208 g/mol. The number of carbonyl (C=O) groups excluding carboxylic acids is 1. The van der Waals surface area contributed by atoms with E-state index in [1.54, 1.807) is 11.3 Å². The molecule has 15 heavy (non-hydrogen) atoms. The zero-order valence-electron chi connectivity index (χ0n) is 9.20. The molecule has 0 atom stereocenters. The molecule has 0 saturated carbocycles. The maximum absolute atomic E-state index is 11.4. The van der Waals surface area contributed by atoms with Gasteiger partial charge in [0.15, 0.2) is 0 Å². The van der Waals surface area contributed by atoms with E-state index in [0.717, 1.165) is 19.4 Å². The van der Waals surface area contributed by atoms with Crippen molar-refractivity contribution in [1.82, 2.24) is 0 Å². The molecule has 0 bridgehead atoms. The molecular formula is C12H18O2S. The Hall–Kier alpha value is -0.670. The van der Waals surface area contributed by atoms with Crippen LogP contribution in [0.2, 0.25) is 0 Å². The third-order valence-electron chi connectivity index (χ3n) is 2.15. The largest absolute Gasteiger partial charge is 0.381 e. The van der Waals surface area contributed by atoms with E-state index in [-0.39, 0.29) is 0 Å². The van der Waals surface area contributed by atoms with Crippen molar-refractivity contribution >= 4 is 17.1 Å². The molecule has 0 saturated heterocycles. The van der Waals surface area contributed by atoms with Crippen molar-refractivity contribution in [3.05, 3.63) is 22.4 Å². The Balaban J connectivity index is 2.04. The van der Waals surface area contributed by atoms with Crippen molar-refractivity contribution in [3.8, 4) is 0 Å². The first-order valence-electron chi connectivity index (χ1n) is 5.43. The van der Waals surface area contributed by atoms with Crippen molar-refractivity contribution in [1.29, 1.82) is 0 Å². The second kappa shape index (κ2) is 7.60. The molecule has 0 unspecified atom stereocenters. The van der Waals surface area contributed by atoms with E-state index < -0.39 is 0 Å². The summed E-state index contributed by atoms with van der Waals surface area (Å²) >= 11 is 1.68. The lowest BCUT2D eigenvalue weighted by Crippen LogP contribution is -2.05. The van der Waals surface area contributed by atoms with E-state index in [1.165, 1.54) is 5.56 Å². The molecule has 0 spiro atoms. The van der Waals surface area contributed by atoms with Crippen molar-refractivity contribution in [2.24, 2.45) is 0 Å². The lowest BCUT2D eigenvalue weighted by Gasteiger charge is -2.01. The lowest BCUT2D eigenvalue weighted by atomic mass is 10.1. The Morgan fingerprint density at radius 1 is 1.40 bits per heavy atom. The summed E-state index contributed by atoms with van der Waals surface area (Å²) in [5.74, 6) is 0.303. The highest BCUT2D eigenvalue weighted by Crippen LogP contribution is 2.09. The fraction of sp³-hybridized carbons (Fsp3) is 0.583. The highest BCUT2D eigenvalue weighted by molar-refractivity contribution is 7.07. The molecule has 1 heterocycles. The average molecular weight is 226 g/mol. The Morgan fingerprint density at radius 2 is 2.27 bits per heavy atom. The summed E-state index contributed by atoms with van der Waals surface area (Å²) in [6.45, 7) is 3.41. The summed E-state index contributed by atoms with van der Waals surface area (Å²) in [4.78, 5) is 11.4. The van der Waals surface area contributed by atoms with E-state index in [9.17, 15) is 4.79 Å². The second-order valence-electron chi connectivity index (χ2n) is 3.53. The van der Waals surface area contributed by atoms with Crippen LogP contribution in [0.1, 0.15) is 31.7 Å². The quantitative estimate of drug-likeness (QED) is 0.637. The third kappa shape index (κ3) is 5.70. The van der Waals surface area contributed by atoms with Gasteiger partial charge in [-0.15, -0.1) is 0 Å². The summed E-state index contributed by atoms with van der Waals surface area (Å²) < 4.78 is 5.27. The minimum atomic E-state index is 0.303. The van der Waals surface area contributed by atoms with Crippen molar-refractivity contribution in [2.75, 3.05) is 13.2 Å². The van der Waals surface area contributed by atoms with Crippen LogP contribution in [-0.2, 0) is 16.0 Å². The smallest absolute Gasteiger partial charge is 0.135 e. The number of rotatable bonds is 8. The van der Waals surface area contributed by atoms with Gasteiger partial charge in [-0.25, -0.2) is 0 Å². The van der Waals surface area contributed by atoms with Crippen LogP contribution >= 0.6 is 11.3 Å². The first-order valence-corrected chi connectivity index (χ1v) is 6.37. The normalized spacial score (nSPS) is 10.5. The molecule has 84 valence electrons. The number of hydrogen-bond donors (Lipinski definition) is 0. The average Bonchev–Trinajstić information content (AvgIpc) is 2.74. The molecule has 0 amide bonds. The van der Waals surface area contributed by atoms with Gasteiger partial charge in [0.2, 0.25) is 0 Å². The number of thiophene rings is 1. The molecule has 1 rings (SSSR count). The van der Waals surface area contributed by atoms with Gasteiger partial charge in [0, 0.05) is 19.4 Å². The Kier molecular flexibility index (Phi) is 6.28. The van der Waals surface area contributed by atoms with E-state index in [1.807, 2.05) is 5.38 Å². The maximum atomic E-state index is 11.4. The standard InChI is InChI=1S/C12H18O2S/c1-2-7-14-8-5-12(13)4-3-11-6-9-15-10-11/h6,9-10H,2-5,7-8H2,1H3. The Bertz CT molecular complexity index is 267. The lowest BCUT2D eigenvalue weighted by molar-refractivity contribution is -0.120. The molecule has 1 aromatic heterocycles. The third-order valence-corrected chi connectivity index (χ3v) is 2.88. The molecule has 3 heteroatoms. The zero-order chi connectivity index (χ0) is 10.9. The molecule has 0 N–H and O–H groups in total. The van der Waals surface area contributed by atoms with Crippen LogP contribution in [0.15, 0.2) is 16.8 Å². The molecule has 0 aromatic carbocycles. The highest BCUT2D eigenvalue weighted by Gasteiger charge is 2.02. The molecule has 0 fully saturated rings. The number of aryl methyl sites for hydroxylation is 1. The fourth-order valence-electron chi connectivity index (χ4n) is 1.28. The van der Waals surface area contributed by atoms with Gasteiger partial charge in [-0.3, -0.25) is 4.79 Å². The van der Waals surface area contributed by atoms with E-state index in [2.05, 4.69) is 18.4 Å². The van der Waals surface area contributed by atoms with Crippen molar-refractivity contribution in [2.45, 2.75) is 32.6 Å². The van der Waals surface area contributed by atoms with Gasteiger partial charge in [0.05, 0.1) is 6.61 Å². The zero-order valence-corrected chi connectivity index (χ0v) is 10.0. The topological polar surface area (TPSA) is 26.3 Å². The predicted molar refractivity (Wildman–Crippen MR) is 63.4 cm³/mol. The Labute approximate surface area is 95.3 Å². The van der Waals surface area contributed by atoms with Gasteiger partial charge in [0.1, 0.15) is 5.78 Å². The van der Waals surface area contributed by atoms with Gasteiger partial charge in [-0.1, -0.05) is 6.92 Å². The minimum Gasteiger partial charge on any atom is -0.381 e. The summed E-state index contributed by atoms with van der Waals surface area (Å²) in [6, 6.07) is 2.07. The van der Waals surface area contributed by atoms with Crippen LogP contribution in [-0.4, -0.2) is 19.0 Å². The van der Waals surface area contributed by atoms with E-state index in [4.69, 9.17) is 4.74 Å². The van der Waals surface area contributed by atoms with Gasteiger partial charge in [-0.2, -0.15) is 11.3 Å². The predicted octanol–water partition coefficient (Wildman–Crippen LogP) is 3.07. The highest BCUT2D eigenvalue weighted by atomic mass is 32.1. The van der Waals surface area contributed by atoms with Gasteiger partial charge in [0.25, 0.3) is 0 Å². The number of hydrogen-bond acceptors (Lipinski definition) is 3. The number of ketones is 1. The molecule has 0 aliphatic heterocycles. The molecule has 0 radical (unpaired) electrons. The summed E-state index contributed by atoms with van der Waals surface area (Å²) in [5.41, 5.74) is 1.27. The fourth-order valence-corrected chi connectivity index (χ4v) is 1.98. The number of carbonyl (C=O) groups is 1. The van der Waals surface area contributed by atoms with E-state index >= 15 is 0 Å². The number of ether oxygens (including phenoxy) is 1. The maximum Gasteiger partial charge on any atom is 0.135 e. The van der Waals surface area contributed by atoms with Crippen LogP contribution in [0.3, 0.4) is 0 Å². The van der Waals surface area contributed by atoms with Crippen LogP contribution in [0, 0.1) is 0 Å². The minimum absolute atomic E-state index is 0.303. The van der Waals surface area contributed by atoms with Crippen molar-refractivity contribution < 1.29 is 9.53 Å². The molecule has 1 aromatic rings. The van der Waals surface area contributed by atoms with Crippen LogP contribution in [0.4, 0.5) is 0 Å². The SMILES string of the molecule is CCCOCCC(=O)CCc1ccsc1. The molecule has 2 nitrogen and oxygen atoms in total. The first-order chi connectivity index (χ1) is 7.33. The van der Waals surface area contributed by atoms with Gasteiger partial charge >= 0.3 is 0 Å². The van der Waals surface area contributed by atoms with Gasteiger partial charge < -0.3 is 4.74 Å². The Morgan fingerprint density at radius 3 is 2.93 bits per heavy atom. The monoisotopic (exact) mass is 226 g/mol. The van der Waals surface area contributed by atoms with Crippen LogP contribution in [0.25, 0.3) is 0 Å². The summed E-state index contributed by atoms with van der Waals surface area (Å²) in [5, 5.41) is 4.14. The van der Waals surface area contributed by atoms with Crippen LogP contribution < -0.4 is 0 Å². The number of Topliss-reactive ketones (excluding diaryl/α,β-unsaturated/α-hetero) is 1. The second-order valence-corrected chi connectivity index (χ2v) is 4.31. The van der Waals surface area contributed by atoms with Gasteiger partial charge in [-0.05, 0) is 35.2 Å². The van der Waals surface area contributed by atoms with Crippen LogP contribution in [0.5, 0.6) is 0 Å². The molecule has 0 aliphatic rings. The molecule has 0 aliphatic carbocycles.